The van der Waals surface area contributed by atoms with E-state index in [0.29, 0.717) is 6.67 Å². The van der Waals surface area contributed by atoms with Gasteiger partial charge in [0.05, 0.1) is 6.67 Å². The highest BCUT2D eigenvalue weighted by Gasteiger charge is 2.24. The Bertz CT molecular complexity index is 465. The van der Waals surface area contributed by atoms with Crippen LogP contribution in [0.1, 0.15) is 17.5 Å². The second-order valence-corrected chi connectivity index (χ2v) is 4.88. The summed E-state index contributed by atoms with van der Waals surface area (Å²) in [5, 5.41) is 3.10. The molecule has 1 unspecified atom stereocenters. The van der Waals surface area contributed by atoms with Crippen LogP contribution in [0.25, 0.3) is 5.57 Å². The third-order valence-corrected chi connectivity index (χ3v) is 3.59. The molecule has 0 bridgehead atoms. The lowest BCUT2D eigenvalue weighted by atomic mass is 9.79. The van der Waals surface area contributed by atoms with Crippen molar-refractivity contribution in [1.82, 2.24) is 5.32 Å². The first-order chi connectivity index (χ1) is 8.13. The molecule has 0 radical (unpaired) electrons. The summed E-state index contributed by atoms with van der Waals surface area (Å²) in [6.07, 6.45) is 2.08. The molecule has 0 saturated heterocycles. The van der Waals surface area contributed by atoms with Crippen molar-refractivity contribution in [3.05, 3.63) is 48.2 Å². The van der Waals surface area contributed by atoms with Gasteiger partial charge in [-0.1, -0.05) is 19.2 Å². The normalized spacial score (nSPS) is 18.7. The van der Waals surface area contributed by atoms with Crippen LogP contribution >= 0.6 is 12.6 Å². The van der Waals surface area contributed by atoms with Crippen molar-refractivity contribution in [2.24, 2.45) is 11.7 Å². The van der Waals surface area contributed by atoms with Crippen LogP contribution in [0.5, 0.6) is 0 Å². The van der Waals surface area contributed by atoms with Crippen LogP contribution in [-0.2, 0) is 6.42 Å². The van der Waals surface area contributed by atoms with Crippen molar-refractivity contribution < 1.29 is 0 Å². The minimum Gasteiger partial charge on any atom is -0.376 e. The number of allylic oxidation sites excluding steroid dienone is 1. The Labute approximate surface area is 108 Å². The molecule has 0 heterocycles. The molecule has 2 nitrogen and oxygen atoms in total. The Morgan fingerprint density at radius 2 is 2.29 bits per heavy atom. The van der Waals surface area contributed by atoms with E-state index in [0.717, 1.165) is 29.0 Å². The summed E-state index contributed by atoms with van der Waals surface area (Å²) in [7, 11) is 0. The van der Waals surface area contributed by atoms with Crippen molar-refractivity contribution in [3.63, 3.8) is 0 Å². The third-order valence-electron chi connectivity index (χ3n) is 3.31. The molecule has 3 heteroatoms. The summed E-state index contributed by atoms with van der Waals surface area (Å²) in [6, 6.07) is 6.23. The molecule has 1 aliphatic carbocycles. The van der Waals surface area contributed by atoms with E-state index in [9.17, 15) is 0 Å². The zero-order valence-corrected chi connectivity index (χ0v) is 10.8. The zero-order chi connectivity index (χ0) is 12.4. The number of thiol groups is 1. The molecule has 1 aromatic carbocycles. The Morgan fingerprint density at radius 1 is 1.53 bits per heavy atom. The fraction of sp³-hybridized carbons (Fsp3) is 0.286. The summed E-state index contributed by atoms with van der Waals surface area (Å²) >= 11 is 4.37. The van der Waals surface area contributed by atoms with Gasteiger partial charge in [0.1, 0.15) is 0 Å². The molecule has 3 N–H and O–H groups in total. The first-order valence-electron chi connectivity index (χ1n) is 5.77. The molecule has 0 aliphatic heterocycles. The van der Waals surface area contributed by atoms with Crippen molar-refractivity contribution in [3.8, 4) is 0 Å². The Hall–Kier alpha value is -1.19. The fourth-order valence-corrected chi connectivity index (χ4v) is 2.63. The quantitative estimate of drug-likeness (QED) is 0.566. The standard InChI is InChI=1S/C14H18N2S/c1-9-13(10(2)16-8-15)5-3-11-7-12(17)4-6-14(9)11/h4,6-7,13,16-17H,1-3,5,8,15H2. The van der Waals surface area contributed by atoms with Crippen LogP contribution < -0.4 is 11.1 Å². The lowest BCUT2D eigenvalue weighted by molar-refractivity contribution is 0.613. The average Bonchev–Trinajstić information content (AvgIpc) is 2.29. The van der Waals surface area contributed by atoms with Gasteiger partial charge in [-0.3, -0.25) is 0 Å². The van der Waals surface area contributed by atoms with Crippen molar-refractivity contribution in [2.75, 3.05) is 6.67 Å². The number of benzene rings is 1. The molecule has 1 atom stereocenters. The van der Waals surface area contributed by atoms with E-state index >= 15 is 0 Å². The van der Waals surface area contributed by atoms with Crippen LogP contribution in [0, 0.1) is 5.92 Å². The maximum Gasteiger partial charge on any atom is 0.0625 e. The van der Waals surface area contributed by atoms with E-state index in [1.165, 1.54) is 11.1 Å². The number of fused-ring (bicyclic) bond motifs is 1. The highest BCUT2D eigenvalue weighted by atomic mass is 32.1. The highest BCUT2D eigenvalue weighted by Crippen LogP contribution is 2.37. The highest BCUT2D eigenvalue weighted by molar-refractivity contribution is 7.80. The van der Waals surface area contributed by atoms with Gasteiger partial charge in [0.25, 0.3) is 0 Å². The average molecular weight is 246 g/mol. The van der Waals surface area contributed by atoms with E-state index in [2.05, 4.69) is 43.2 Å². The number of rotatable bonds is 3. The Morgan fingerprint density at radius 3 is 3.00 bits per heavy atom. The van der Waals surface area contributed by atoms with Crippen molar-refractivity contribution in [2.45, 2.75) is 17.7 Å². The first kappa shape index (κ1) is 12.3. The summed E-state index contributed by atoms with van der Waals surface area (Å²) in [6.45, 7) is 8.67. The second kappa shape index (κ2) is 4.98. The smallest absolute Gasteiger partial charge is 0.0625 e. The van der Waals surface area contributed by atoms with Crippen LogP contribution in [-0.4, -0.2) is 6.67 Å². The van der Waals surface area contributed by atoms with Gasteiger partial charge in [-0.25, -0.2) is 0 Å². The number of nitrogens with one attached hydrogen (secondary N) is 1. The predicted molar refractivity (Wildman–Crippen MR) is 75.9 cm³/mol. The maximum absolute atomic E-state index is 5.48. The van der Waals surface area contributed by atoms with E-state index < -0.39 is 0 Å². The van der Waals surface area contributed by atoms with E-state index in [-0.39, 0.29) is 5.92 Å². The SMILES string of the molecule is C=C(NCN)C1CCc2cc(S)ccc2C1=C. The third kappa shape index (κ3) is 2.40. The molecule has 2 rings (SSSR count). The second-order valence-electron chi connectivity index (χ2n) is 4.36. The number of hydrogen-bond acceptors (Lipinski definition) is 3. The van der Waals surface area contributed by atoms with Gasteiger partial charge in [-0.05, 0) is 41.7 Å². The van der Waals surface area contributed by atoms with Gasteiger partial charge in [0, 0.05) is 16.5 Å². The van der Waals surface area contributed by atoms with Crippen LogP contribution in [0.3, 0.4) is 0 Å². The van der Waals surface area contributed by atoms with Crippen LogP contribution in [0.2, 0.25) is 0 Å². The molecule has 0 aromatic heterocycles. The molecule has 90 valence electrons. The van der Waals surface area contributed by atoms with Crippen molar-refractivity contribution >= 4 is 18.2 Å². The monoisotopic (exact) mass is 246 g/mol. The maximum atomic E-state index is 5.48. The number of aryl methyl sites for hydroxylation is 1. The summed E-state index contributed by atoms with van der Waals surface area (Å²) < 4.78 is 0. The van der Waals surface area contributed by atoms with Gasteiger partial charge in [-0.15, -0.1) is 12.6 Å². The molecule has 17 heavy (non-hydrogen) atoms. The predicted octanol–water partition coefficient (Wildman–Crippen LogP) is 2.57. The van der Waals surface area contributed by atoms with E-state index in [1.54, 1.807) is 0 Å². The molecular formula is C14H18N2S. The van der Waals surface area contributed by atoms with Crippen LogP contribution in [0.15, 0.2) is 41.9 Å². The molecule has 1 aliphatic rings. The lowest BCUT2D eigenvalue weighted by Gasteiger charge is -2.29. The minimum absolute atomic E-state index is 0.289. The van der Waals surface area contributed by atoms with E-state index in [1.807, 2.05) is 6.07 Å². The summed E-state index contributed by atoms with van der Waals surface area (Å²) in [4.78, 5) is 1.01. The molecule has 0 fully saturated rings. The molecular weight excluding hydrogens is 228 g/mol. The first-order valence-corrected chi connectivity index (χ1v) is 6.22. The molecule has 0 amide bonds. The summed E-state index contributed by atoms with van der Waals surface area (Å²) in [5.74, 6) is 0.289. The lowest BCUT2D eigenvalue weighted by Crippen LogP contribution is -2.27. The minimum atomic E-state index is 0.289. The zero-order valence-electron chi connectivity index (χ0n) is 9.87. The summed E-state index contributed by atoms with van der Waals surface area (Å²) in [5.41, 5.74) is 10.2. The van der Waals surface area contributed by atoms with Crippen LogP contribution in [0.4, 0.5) is 0 Å². The molecule has 0 saturated carbocycles. The topological polar surface area (TPSA) is 38.0 Å². The van der Waals surface area contributed by atoms with Crippen molar-refractivity contribution in [1.29, 1.82) is 0 Å². The Balaban J connectivity index is 2.27. The largest absolute Gasteiger partial charge is 0.376 e. The number of hydrogen-bond donors (Lipinski definition) is 3. The van der Waals surface area contributed by atoms with Gasteiger partial charge in [-0.2, -0.15) is 0 Å². The van der Waals surface area contributed by atoms with Gasteiger partial charge in [0.2, 0.25) is 0 Å². The molecule has 1 aromatic rings. The molecule has 0 spiro atoms. The Kier molecular flexibility index (Phi) is 3.60. The van der Waals surface area contributed by atoms with Gasteiger partial charge in [0.15, 0.2) is 0 Å². The van der Waals surface area contributed by atoms with E-state index in [4.69, 9.17) is 5.73 Å². The van der Waals surface area contributed by atoms with Gasteiger partial charge < -0.3 is 11.1 Å². The fourth-order valence-electron chi connectivity index (χ4n) is 2.40. The van der Waals surface area contributed by atoms with Gasteiger partial charge >= 0.3 is 0 Å². The number of nitrogens with two attached hydrogens (primary N) is 1.